The lowest BCUT2D eigenvalue weighted by Crippen LogP contribution is -2.28. The maximum absolute atomic E-state index is 12.1. The fourth-order valence-electron chi connectivity index (χ4n) is 5.03. The first kappa shape index (κ1) is 36.6. The summed E-state index contributed by atoms with van der Waals surface area (Å²) in [5.41, 5.74) is 0. The summed E-state index contributed by atoms with van der Waals surface area (Å²) in [5, 5.41) is 9.49. The maximum atomic E-state index is 12.1. The van der Waals surface area contributed by atoms with E-state index >= 15 is 0 Å². The molecule has 0 aromatic carbocycles. The van der Waals surface area contributed by atoms with Gasteiger partial charge in [-0.1, -0.05) is 122 Å². The number of hydrogen-bond acceptors (Lipinski definition) is 6. The topological polar surface area (TPSA) is 85.4 Å². The predicted molar refractivity (Wildman–Crippen MR) is 163 cm³/mol. The third kappa shape index (κ3) is 22.3. The molecule has 0 spiro atoms. The second-order valence-electron chi connectivity index (χ2n) is 11.6. The molecule has 1 saturated heterocycles. The van der Waals surface area contributed by atoms with E-state index < -0.39 is 6.10 Å². The Morgan fingerprint density at radius 3 is 1.88 bits per heavy atom. The number of allylic oxidation sites excluding steroid dienone is 1. The summed E-state index contributed by atoms with van der Waals surface area (Å²) in [4.78, 5) is 24.1. The molecule has 0 radical (unpaired) electrons. The van der Waals surface area contributed by atoms with Crippen LogP contribution in [0.1, 0.15) is 162 Å². The Morgan fingerprint density at radius 2 is 1.25 bits per heavy atom. The van der Waals surface area contributed by atoms with Crippen LogP contribution in [-0.4, -0.2) is 48.6 Å². The molecular weight excluding hydrogens is 504 g/mol. The molecule has 6 heteroatoms. The van der Waals surface area contributed by atoms with Crippen molar-refractivity contribution in [2.24, 2.45) is 0 Å². The lowest BCUT2D eigenvalue weighted by atomic mass is 10.1. The van der Waals surface area contributed by atoms with Crippen LogP contribution in [0.4, 0.5) is 0 Å². The molecule has 0 aromatic heterocycles. The number of aliphatic hydroxyl groups excluding tert-OH is 1. The van der Waals surface area contributed by atoms with Crippen molar-refractivity contribution in [1.82, 2.24) is 0 Å². The van der Waals surface area contributed by atoms with E-state index in [0.29, 0.717) is 25.0 Å². The van der Waals surface area contributed by atoms with Crippen molar-refractivity contribution >= 4 is 11.9 Å². The predicted octanol–water partition coefficient (Wildman–Crippen LogP) is 8.77. The lowest BCUT2D eigenvalue weighted by molar-refractivity contribution is -0.161. The van der Waals surface area contributed by atoms with Crippen LogP contribution >= 0.6 is 0 Å². The zero-order valence-corrected chi connectivity index (χ0v) is 26.1. The minimum atomic E-state index is -0.774. The molecule has 0 bridgehead atoms. The summed E-state index contributed by atoms with van der Waals surface area (Å²) in [6.45, 7) is 4.06. The molecule has 6 nitrogen and oxygen atoms in total. The van der Waals surface area contributed by atoms with E-state index in [9.17, 15) is 14.7 Å². The molecule has 2 unspecified atom stereocenters. The summed E-state index contributed by atoms with van der Waals surface area (Å²) in [6, 6.07) is 0. The quantitative estimate of drug-likeness (QED) is 0.0421. The van der Waals surface area contributed by atoms with Crippen molar-refractivity contribution in [2.75, 3.05) is 13.2 Å². The second kappa shape index (κ2) is 26.5. The maximum Gasteiger partial charge on any atom is 0.306 e. The highest BCUT2D eigenvalue weighted by atomic mass is 16.6. The Bertz CT molecular complexity index is 634. The van der Waals surface area contributed by atoms with E-state index in [1.54, 1.807) is 0 Å². The Hall–Kier alpha value is -1.40. The highest BCUT2D eigenvalue weighted by Gasteiger charge is 2.36. The van der Waals surface area contributed by atoms with E-state index in [2.05, 4.69) is 26.0 Å². The summed E-state index contributed by atoms with van der Waals surface area (Å²) >= 11 is 0. The molecule has 1 aliphatic rings. The van der Waals surface area contributed by atoms with Gasteiger partial charge in [0, 0.05) is 12.8 Å². The van der Waals surface area contributed by atoms with Crippen molar-refractivity contribution in [1.29, 1.82) is 0 Å². The number of unbranched alkanes of at least 4 members (excludes halogenated alkanes) is 16. The molecule has 1 aliphatic heterocycles. The number of esters is 2. The first-order valence-electron chi connectivity index (χ1n) is 16.9. The molecule has 40 heavy (non-hydrogen) atoms. The number of aliphatic hydroxyl groups is 1. The molecule has 234 valence electrons. The largest absolute Gasteiger partial charge is 0.462 e. The Balaban J connectivity index is 1.91. The van der Waals surface area contributed by atoms with Crippen LogP contribution in [0.15, 0.2) is 12.2 Å². The van der Waals surface area contributed by atoms with Crippen LogP contribution in [0.25, 0.3) is 0 Å². The normalized spacial score (nSPS) is 17.3. The van der Waals surface area contributed by atoms with Gasteiger partial charge in [0.05, 0.1) is 18.8 Å². The zero-order chi connectivity index (χ0) is 29.1. The number of hydrogen-bond donors (Lipinski definition) is 1. The minimum Gasteiger partial charge on any atom is -0.462 e. The van der Waals surface area contributed by atoms with Gasteiger partial charge in [-0.3, -0.25) is 9.59 Å². The monoisotopic (exact) mass is 566 g/mol. The number of carbonyl (C=O) groups is 2. The van der Waals surface area contributed by atoms with Gasteiger partial charge >= 0.3 is 11.9 Å². The van der Waals surface area contributed by atoms with Gasteiger partial charge in [-0.25, -0.2) is 0 Å². The molecule has 0 saturated carbocycles. The van der Waals surface area contributed by atoms with E-state index in [-0.39, 0.29) is 25.2 Å². The lowest BCUT2D eigenvalue weighted by Gasteiger charge is -2.15. The summed E-state index contributed by atoms with van der Waals surface area (Å²) in [5.74, 6) is -0.613. The summed E-state index contributed by atoms with van der Waals surface area (Å²) in [7, 11) is 0. The average Bonchev–Trinajstić information content (AvgIpc) is 3.71. The van der Waals surface area contributed by atoms with E-state index in [4.69, 9.17) is 14.2 Å². The van der Waals surface area contributed by atoms with Gasteiger partial charge in [-0.15, -0.1) is 0 Å². The average molecular weight is 567 g/mol. The van der Waals surface area contributed by atoms with E-state index in [1.165, 1.54) is 77.0 Å². The molecule has 0 aliphatic carbocycles. The third-order valence-electron chi connectivity index (χ3n) is 7.73. The molecule has 3 atom stereocenters. The van der Waals surface area contributed by atoms with Gasteiger partial charge < -0.3 is 19.3 Å². The molecule has 0 aromatic rings. The molecule has 0 amide bonds. The second-order valence-corrected chi connectivity index (χ2v) is 11.6. The van der Waals surface area contributed by atoms with Crippen molar-refractivity contribution in [3.05, 3.63) is 12.2 Å². The fourth-order valence-corrected chi connectivity index (χ4v) is 5.03. The summed E-state index contributed by atoms with van der Waals surface area (Å²) in [6.07, 6.45) is 30.0. The van der Waals surface area contributed by atoms with Crippen LogP contribution in [0.2, 0.25) is 0 Å². The van der Waals surface area contributed by atoms with Gasteiger partial charge in [0.2, 0.25) is 0 Å². The molecular formula is C34H62O6. The van der Waals surface area contributed by atoms with Gasteiger partial charge in [-0.2, -0.15) is 0 Å². The zero-order valence-electron chi connectivity index (χ0n) is 26.1. The smallest absolute Gasteiger partial charge is 0.306 e. The third-order valence-corrected chi connectivity index (χ3v) is 7.73. The number of carbonyl (C=O) groups excluding carboxylic acids is 2. The number of ether oxygens (including phenoxy) is 3. The Labute approximate surface area is 246 Å². The molecule has 1 fully saturated rings. The highest BCUT2D eigenvalue weighted by molar-refractivity contribution is 5.70. The van der Waals surface area contributed by atoms with Crippen molar-refractivity contribution in [3.8, 4) is 0 Å². The van der Waals surface area contributed by atoms with Gasteiger partial charge in [-0.05, 0) is 38.5 Å². The summed E-state index contributed by atoms with van der Waals surface area (Å²) < 4.78 is 16.3. The van der Waals surface area contributed by atoms with Crippen LogP contribution in [0, 0.1) is 0 Å². The molecule has 1 N–H and O–H groups in total. The van der Waals surface area contributed by atoms with Gasteiger partial charge in [0.25, 0.3) is 0 Å². The Morgan fingerprint density at radius 1 is 0.700 bits per heavy atom. The van der Waals surface area contributed by atoms with Crippen molar-refractivity contribution < 1.29 is 28.9 Å². The van der Waals surface area contributed by atoms with Crippen LogP contribution in [0.5, 0.6) is 0 Å². The van der Waals surface area contributed by atoms with Crippen molar-refractivity contribution in [2.45, 2.75) is 180 Å². The number of epoxide rings is 1. The first-order chi connectivity index (χ1) is 19.6. The number of rotatable bonds is 29. The standard InChI is InChI=1S/C34H62O6/c1-3-5-7-9-11-12-13-14-18-23-27-34(37)39-30(28-35)29-38-33(36)26-22-19-15-17-21-25-32-31(40-32)24-20-16-10-8-6-4-2/h16,20,30-32,35H,3-15,17-19,21-29H2,1-2H3/b20-16-/t30-,31?,32?/m0/s1. The van der Waals surface area contributed by atoms with Crippen LogP contribution < -0.4 is 0 Å². The van der Waals surface area contributed by atoms with E-state index in [1.807, 2.05) is 0 Å². The first-order valence-corrected chi connectivity index (χ1v) is 16.9. The van der Waals surface area contributed by atoms with Gasteiger partial charge in [0.1, 0.15) is 6.61 Å². The van der Waals surface area contributed by atoms with Crippen LogP contribution in [0.3, 0.4) is 0 Å². The van der Waals surface area contributed by atoms with E-state index in [0.717, 1.165) is 57.8 Å². The van der Waals surface area contributed by atoms with Crippen molar-refractivity contribution in [3.63, 3.8) is 0 Å². The minimum absolute atomic E-state index is 0.0738. The van der Waals surface area contributed by atoms with Crippen LogP contribution in [-0.2, 0) is 23.8 Å². The fraction of sp³-hybridized carbons (Fsp3) is 0.882. The highest BCUT2D eigenvalue weighted by Crippen LogP contribution is 2.30. The molecule has 1 rings (SSSR count). The Kier molecular flexibility index (Phi) is 24.3. The van der Waals surface area contributed by atoms with Gasteiger partial charge in [0.15, 0.2) is 6.10 Å². The molecule has 1 heterocycles. The SMILES string of the molecule is CCCCC/C=C\CC1OC1CCCCCCCC(=O)OC[C@H](CO)OC(=O)CCCCCCCCCCCC.